The number of hydrogen-bond acceptors (Lipinski definition) is 6. The van der Waals surface area contributed by atoms with Gasteiger partial charge in [-0.3, -0.25) is 0 Å². The molecule has 0 aliphatic rings. The number of hydrogen-bond donors (Lipinski definition) is 2. The molecule has 0 fully saturated rings. The van der Waals surface area contributed by atoms with Crippen molar-refractivity contribution < 1.29 is 9.47 Å². The summed E-state index contributed by atoms with van der Waals surface area (Å²) in [5.41, 5.74) is 2.07. The Morgan fingerprint density at radius 2 is 1.81 bits per heavy atom. The van der Waals surface area contributed by atoms with Crippen LogP contribution in [0.5, 0.6) is 11.5 Å². The van der Waals surface area contributed by atoms with Crippen molar-refractivity contribution in [1.82, 2.24) is 9.97 Å². The third-order valence-corrected chi connectivity index (χ3v) is 3.97. The summed E-state index contributed by atoms with van der Waals surface area (Å²) in [6.07, 6.45) is 2.57. The van der Waals surface area contributed by atoms with Crippen molar-refractivity contribution >= 4 is 17.5 Å². The van der Waals surface area contributed by atoms with Gasteiger partial charge in [-0.2, -0.15) is 4.98 Å². The average Bonchev–Trinajstić information content (AvgIpc) is 2.70. The van der Waals surface area contributed by atoms with Gasteiger partial charge in [0.05, 0.1) is 13.7 Å². The number of nitrogens with zero attached hydrogens (tertiary/aromatic N) is 2. The van der Waals surface area contributed by atoms with E-state index in [2.05, 4.69) is 26.7 Å². The van der Waals surface area contributed by atoms with Crippen molar-refractivity contribution in [3.63, 3.8) is 0 Å². The van der Waals surface area contributed by atoms with Gasteiger partial charge in [0.15, 0.2) is 0 Å². The van der Waals surface area contributed by atoms with Crippen LogP contribution in [0.4, 0.5) is 17.5 Å². The Balaban J connectivity index is 1.57. The predicted octanol–water partition coefficient (Wildman–Crippen LogP) is 4.28. The molecule has 140 valence electrons. The molecule has 3 rings (SSSR count). The van der Waals surface area contributed by atoms with Gasteiger partial charge in [0, 0.05) is 18.4 Å². The lowest BCUT2D eigenvalue weighted by molar-refractivity contribution is 0.340. The number of anilines is 3. The topological polar surface area (TPSA) is 68.3 Å². The van der Waals surface area contributed by atoms with Crippen molar-refractivity contribution in [2.45, 2.75) is 13.3 Å². The number of para-hydroxylation sites is 1. The van der Waals surface area contributed by atoms with Gasteiger partial charge in [0.1, 0.15) is 17.3 Å². The molecule has 0 amide bonds. The zero-order valence-electron chi connectivity index (χ0n) is 15.6. The SMILES string of the molecule is CCOc1ccc(Nc2nccc(NCCc3ccccc3OC)n2)cc1. The highest BCUT2D eigenvalue weighted by Crippen LogP contribution is 2.20. The molecular formula is C21H24N4O2. The third-order valence-electron chi connectivity index (χ3n) is 3.97. The summed E-state index contributed by atoms with van der Waals surface area (Å²) < 4.78 is 10.8. The Kier molecular flexibility index (Phi) is 6.46. The first-order chi connectivity index (χ1) is 13.3. The van der Waals surface area contributed by atoms with Crippen LogP contribution in [0, 0.1) is 0 Å². The second-order valence-electron chi connectivity index (χ2n) is 5.84. The first-order valence-electron chi connectivity index (χ1n) is 8.97. The predicted molar refractivity (Wildman–Crippen MR) is 108 cm³/mol. The molecule has 0 radical (unpaired) electrons. The molecule has 0 spiro atoms. The monoisotopic (exact) mass is 364 g/mol. The van der Waals surface area contributed by atoms with E-state index in [9.17, 15) is 0 Å². The second kappa shape index (κ2) is 9.43. The molecule has 6 heteroatoms. The maximum Gasteiger partial charge on any atom is 0.229 e. The molecule has 0 unspecified atom stereocenters. The summed E-state index contributed by atoms with van der Waals surface area (Å²) in [6, 6.07) is 17.6. The highest BCUT2D eigenvalue weighted by Gasteiger charge is 2.03. The van der Waals surface area contributed by atoms with Crippen LogP contribution < -0.4 is 20.1 Å². The average molecular weight is 364 g/mol. The molecule has 0 saturated heterocycles. The Morgan fingerprint density at radius 1 is 1.00 bits per heavy atom. The first-order valence-corrected chi connectivity index (χ1v) is 8.97. The van der Waals surface area contributed by atoms with E-state index >= 15 is 0 Å². The Labute approximate surface area is 159 Å². The van der Waals surface area contributed by atoms with Crippen LogP contribution in [-0.2, 0) is 6.42 Å². The zero-order valence-corrected chi connectivity index (χ0v) is 15.6. The molecule has 3 aromatic rings. The number of methoxy groups -OCH3 is 1. The fourth-order valence-electron chi connectivity index (χ4n) is 2.68. The van der Waals surface area contributed by atoms with E-state index in [1.807, 2.05) is 55.5 Å². The number of benzene rings is 2. The van der Waals surface area contributed by atoms with Crippen LogP contribution >= 0.6 is 0 Å². The van der Waals surface area contributed by atoms with Crippen LogP contribution in [0.1, 0.15) is 12.5 Å². The summed E-state index contributed by atoms with van der Waals surface area (Å²) >= 11 is 0. The second-order valence-corrected chi connectivity index (χ2v) is 5.84. The molecule has 2 N–H and O–H groups in total. The van der Waals surface area contributed by atoms with Crippen LogP contribution in [0.15, 0.2) is 60.8 Å². The first kappa shape index (κ1) is 18.5. The van der Waals surface area contributed by atoms with Gasteiger partial charge < -0.3 is 20.1 Å². The van der Waals surface area contributed by atoms with Gasteiger partial charge in [-0.25, -0.2) is 4.98 Å². The number of ether oxygens (including phenoxy) is 2. The highest BCUT2D eigenvalue weighted by atomic mass is 16.5. The van der Waals surface area contributed by atoms with Gasteiger partial charge >= 0.3 is 0 Å². The number of aromatic nitrogens is 2. The van der Waals surface area contributed by atoms with Gasteiger partial charge in [-0.1, -0.05) is 18.2 Å². The van der Waals surface area contributed by atoms with Crippen LogP contribution in [-0.4, -0.2) is 30.2 Å². The largest absolute Gasteiger partial charge is 0.496 e. The number of nitrogens with one attached hydrogen (secondary N) is 2. The molecule has 0 bridgehead atoms. The smallest absolute Gasteiger partial charge is 0.229 e. The summed E-state index contributed by atoms with van der Waals surface area (Å²) in [4.78, 5) is 8.78. The molecule has 0 saturated carbocycles. The Morgan fingerprint density at radius 3 is 2.59 bits per heavy atom. The molecule has 1 aromatic heterocycles. The van der Waals surface area contributed by atoms with Crippen molar-refractivity contribution in [1.29, 1.82) is 0 Å². The summed E-state index contributed by atoms with van der Waals surface area (Å²) in [5, 5.41) is 6.53. The maximum atomic E-state index is 5.45. The van der Waals surface area contributed by atoms with Crippen LogP contribution in [0.2, 0.25) is 0 Å². The van der Waals surface area contributed by atoms with E-state index in [1.54, 1.807) is 13.3 Å². The minimum Gasteiger partial charge on any atom is -0.496 e. The zero-order chi connectivity index (χ0) is 18.9. The molecule has 0 atom stereocenters. The summed E-state index contributed by atoms with van der Waals surface area (Å²) in [7, 11) is 1.69. The van der Waals surface area contributed by atoms with E-state index < -0.39 is 0 Å². The lowest BCUT2D eigenvalue weighted by Gasteiger charge is -2.10. The fourth-order valence-corrected chi connectivity index (χ4v) is 2.68. The molecule has 6 nitrogen and oxygen atoms in total. The molecule has 1 heterocycles. The lowest BCUT2D eigenvalue weighted by Crippen LogP contribution is -2.08. The summed E-state index contributed by atoms with van der Waals surface area (Å²) in [5.74, 6) is 3.06. The molecule has 0 aliphatic heterocycles. The minimum absolute atomic E-state index is 0.543. The minimum atomic E-state index is 0.543. The van der Waals surface area contributed by atoms with E-state index in [0.717, 1.165) is 41.5 Å². The highest BCUT2D eigenvalue weighted by molar-refractivity contribution is 5.55. The van der Waals surface area contributed by atoms with E-state index in [4.69, 9.17) is 9.47 Å². The lowest BCUT2D eigenvalue weighted by atomic mass is 10.1. The van der Waals surface area contributed by atoms with Gasteiger partial charge in [-0.15, -0.1) is 0 Å². The van der Waals surface area contributed by atoms with Crippen molar-refractivity contribution in [3.8, 4) is 11.5 Å². The standard InChI is InChI=1S/C21H24N4O2/c1-3-27-18-10-8-17(9-11-18)24-21-23-15-13-20(25-21)22-14-12-16-6-4-5-7-19(16)26-2/h4-11,13,15H,3,12,14H2,1-2H3,(H2,22,23,24,25). The Bertz CT molecular complexity index is 853. The van der Waals surface area contributed by atoms with E-state index in [-0.39, 0.29) is 0 Å². The summed E-state index contributed by atoms with van der Waals surface area (Å²) in [6.45, 7) is 3.37. The Hall–Kier alpha value is -3.28. The quantitative estimate of drug-likeness (QED) is 0.591. The van der Waals surface area contributed by atoms with Gasteiger partial charge in [-0.05, 0) is 55.3 Å². The fraction of sp³-hybridized carbons (Fsp3) is 0.238. The van der Waals surface area contributed by atoms with Crippen LogP contribution in [0.25, 0.3) is 0 Å². The molecular weight excluding hydrogens is 340 g/mol. The van der Waals surface area contributed by atoms with Crippen molar-refractivity contribution in [3.05, 3.63) is 66.4 Å². The van der Waals surface area contributed by atoms with Crippen molar-refractivity contribution in [2.24, 2.45) is 0 Å². The molecule has 27 heavy (non-hydrogen) atoms. The normalized spacial score (nSPS) is 10.3. The molecule has 0 aliphatic carbocycles. The van der Waals surface area contributed by atoms with E-state index in [1.165, 1.54) is 0 Å². The maximum absolute atomic E-state index is 5.45. The van der Waals surface area contributed by atoms with Gasteiger partial charge in [0.25, 0.3) is 0 Å². The van der Waals surface area contributed by atoms with Crippen LogP contribution in [0.3, 0.4) is 0 Å². The van der Waals surface area contributed by atoms with Gasteiger partial charge in [0.2, 0.25) is 5.95 Å². The molecule has 2 aromatic carbocycles. The number of rotatable bonds is 9. The van der Waals surface area contributed by atoms with Crippen molar-refractivity contribution in [2.75, 3.05) is 30.9 Å². The third kappa shape index (κ3) is 5.34. The van der Waals surface area contributed by atoms with E-state index in [0.29, 0.717) is 12.6 Å².